The van der Waals surface area contributed by atoms with Gasteiger partial charge in [0.1, 0.15) is 0 Å². The van der Waals surface area contributed by atoms with E-state index in [1.54, 1.807) is 11.3 Å². The molecule has 2 heterocycles. The first kappa shape index (κ1) is 26.9. The molecule has 0 unspecified atom stereocenters. The number of anilines is 1. The van der Waals surface area contributed by atoms with E-state index in [1.807, 2.05) is 49.1 Å². The molecule has 196 valence electrons. The molecule has 0 saturated carbocycles. The van der Waals surface area contributed by atoms with Crippen molar-refractivity contribution in [1.29, 1.82) is 0 Å². The lowest BCUT2D eigenvalue weighted by atomic mass is 9.94. The minimum absolute atomic E-state index is 0.000278. The number of nitrogens with one attached hydrogen (secondary N) is 1. The van der Waals surface area contributed by atoms with Crippen LogP contribution in [0.15, 0.2) is 65.4 Å². The van der Waals surface area contributed by atoms with E-state index < -0.39 is 6.09 Å². The van der Waals surface area contributed by atoms with Crippen LogP contribution in [0.5, 0.6) is 0 Å². The van der Waals surface area contributed by atoms with Gasteiger partial charge in [0, 0.05) is 57.1 Å². The van der Waals surface area contributed by atoms with Gasteiger partial charge in [-0.3, -0.25) is 19.9 Å². The van der Waals surface area contributed by atoms with E-state index >= 15 is 0 Å². The first-order valence-corrected chi connectivity index (χ1v) is 13.8. The highest BCUT2D eigenvalue weighted by atomic mass is 32.1. The number of carbonyl (C=O) groups excluding carboxylic acids is 2. The number of piperazine rings is 1. The van der Waals surface area contributed by atoms with Crippen molar-refractivity contribution in [3.63, 3.8) is 0 Å². The van der Waals surface area contributed by atoms with Crippen LogP contribution in [0.1, 0.15) is 46.9 Å². The fourth-order valence-corrected chi connectivity index (χ4v) is 5.55. The Morgan fingerprint density at radius 1 is 1.00 bits per heavy atom. The second kappa shape index (κ2) is 12.9. The van der Waals surface area contributed by atoms with Gasteiger partial charge in [-0.25, -0.2) is 4.79 Å². The van der Waals surface area contributed by atoms with Crippen molar-refractivity contribution >= 4 is 29.0 Å². The Hall–Kier alpha value is -3.20. The molecule has 0 bridgehead atoms. The van der Waals surface area contributed by atoms with Crippen LogP contribution in [0.4, 0.5) is 10.5 Å². The molecule has 1 N–H and O–H groups in total. The Labute approximate surface area is 223 Å². The van der Waals surface area contributed by atoms with Gasteiger partial charge in [0.05, 0.1) is 13.2 Å². The first-order chi connectivity index (χ1) is 18.0. The normalized spacial score (nSPS) is 15.2. The lowest BCUT2D eigenvalue weighted by Gasteiger charge is -2.40. The smallest absolute Gasteiger partial charge is 0.411 e. The molecule has 1 aliphatic heterocycles. The van der Waals surface area contributed by atoms with Crippen LogP contribution in [0.25, 0.3) is 0 Å². The van der Waals surface area contributed by atoms with Crippen molar-refractivity contribution < 1.29 is 14.3 Å². The number of amides is 2. The van der Waals surface area contributed by atoms with E-state index in [0.29, 0.717) is 24.3 Å². The number of thiophene rings is 1. The van der Waals surface area contributed by atoms with Crippen molar-refractivity contribution in [3.8, 4) is 0 Å². The lowest BCUT2D eigenvalue weighted by Crippen LogP contribution is -2.47. The molecule has 37 heavy (non-hydrogen) atoms. The molecule has 8 heteroatoms. The number of ether oxygens (including phenoxy) is 1. The van der Waals surface area contributed by atoms with E-state index in [-0.39, 0.29) is 11.9 Å². The highest BCUT2D eigenvalue weighted by molar-refractivity contribution is 7.07. The fourth-order valence-electron chi connectivity index (χ4n) is 4.89. The quantitative estimate of drug-likeness (QED) is 0.414. The molecule has 1 atom stereocenters. The average molecular weight is 521 g/mol. The zero-order valence-corrected chi connectivity index (χ0v) is 22.7. The zero-order valence-electron chi connectivity index (χ0n) is 21.9. The summed E-state index contributed by atoms with van der Waals surface area (Å²) in [5, 5.41) is 7.13. The monoisotopic (exact) mass is 520 g/mol. The number of nitrogens with zero attached hydrogens (tertiary/aromatic N) is 3. The molecule has 2 aromatic carbocycles. The molecule has 0 radical (unpaired) electrons. The van der Waals surface area contributed by atoms with Gasteiger partial charge in [-0.05, 0) is 71.6 Å². The highest BCUT2D eigenvalue weighted by Gasteiger charge is 2.27. The van der Waals surface area contributed by atoms with Gasteiger partial charge < -0.3 is 9.64 Å². The van der Waals surface area contributed by atoms with E-state index in [1.165, 1.54) is 12.7 Å². The highest BCUT2D eigenvalue weighted by Crippen LogP contribution is 2.32. The van der Waals surface area contributed by atoms with Gasteiger partial charge in [0.2, 0.25) is 0 Å². The lowest BCUT2D eigenvalue weighted by molar-refractivity contribution is 0.0772. The summed E-state index contributed by atoms with van der Waals surface area (Å²) in [6, 6.07) is 18.1. The molecule has 1 saturated heterocycles. The maximum absolute atomic E-state index is 12.9. The number of hydrogen-bond acceptors (Lipinski definition) is 6. The summed E-state index contributed by atoms with van der Waals surface area (Å²) in [4.78, 5) is 31.5. The van der Waals surface area contributed by atoms with Gasteiger partial charge in [-0.2, -0.15) is 11.3 Å². The van der Waals surface area contributed by atoms with Crippen LogP contribution >= 0.6 is 11.3 Å². The summed E-state index contributed by atoms with van der Waals surface area (Å²) in [5.74, 6) is 0.0550. The maximum Gasteiger partial charge on any atom is 0.411 e. The van der Waals surface area contributed by atoms with Crippen LogP contribution < -0.4 is 5.32 Å². The average Bonchev–Trinajstić information content (AvgIpc) is 3.44. The number of carbonyl (C=O) groups is 2. The van der Waals surface area contributed by atoms with Crippen LogP contribution in [0, 0.1) is 0 Å². The minimum atomic E-state index is -0.491. The summed E-state index contributed by atoms with van der Waals surface area (Å²) in [6.45, 7) is 10.1. The minimum Gasteiger partial charge on any atom is -0.453 e. The molecule has 7 nitrogen and oxygen atoms in total. The van der Waals surface area contributed by atoms with Gasteiger partial charge >= 0.3 is 6.09 Å². The van der Waals surface area contributed by atoms with Crippen LogP contribution in [-0.2, 0) is 11.3 Å². The molecular formula is C29H36N4O3S. The third-order valence-electron chi connectivity index (χ3n) is 6.92. The summed E-state index contributed by atoms with van der Waals surface area (Å²) < 4.78 is 4.78. The Balaban J connectivity index is 1.58. The number of rotatable bonds is 9. The second-order valence-corrected chi connectivity index (χ2v) is 9.97. The topological polar surface area (TPSA) is 65.1 Å². The molecule has 3 aromatic rings. The van der Waals surface area contributed by atoms with E-state index in [0.717, 1.165) is 43.9 Å². The van der Waals surface area contributed by atoms with E-state index in [2.05, 4.69) is 50.1 Å². The van der Waals surface area contributed by atoms with Gasteiger partial charge in [0.25, 0.3) is 5.91 Å². The van der Waals surface area contributed by atoms with Crippen molar-refractivity contribution in [2.45, 2.75) is 26.4 Å². The molecule has 1 aromatic heterocycles. The number of methoxy groups -OCH3 is 1. The molecule has 2 amide bonds. The third kappa shape index (κ3) is 6.77. The van der Waals surface area contributed by atoms with Crippen molar-refractivity contribution in [1.82, 2.24) is 14.7 Å². The number of benzene rings is 2. The van der Waals surface area contributed by atoms with E-state index in [9.17, 15) is 9.59 Å². The number of hydrogen-bond donors (Lipinski definition) is 1. The standard InChI is InChI=1S/C29H36N4O3S/c1-4-32(5-2)28(34)24-11-9-23(10-12-24)27(25-7-6-8-26(19-25)30-29(35)36-3)33-16-14-31(15-17-33)20-22-13-18-37-21-22/h6-13,18-19,21,27H,4-5,14-17,20H2,1-3H3,(H,30,35)/t27-/m1/s1. The molecule has 0 aliphatic carbocycles. The summed E-state index contributed by atoms with van der Waals surface area (Å²) in [5.41, 5.74) is 4.97. The predicted octanol–water partition coefficient (Wildman–Crippen LogP) is 5.32. The molecule has 0 spiro atoms. The SMILES string of the molecule is CCN(CC)C(=O)c1ccc([C@H](c2cccc(NC(=O)OC)c2)N2CCN(Cc3ccsc3)CC2)cc1. The van der Waals surface area contributed by atoms with Crippen molar-refractivity contribution in [3.05, 3.63) is 87.6 Å². The van der Waals surface area contributed by atoms with Crippen LogP contribution in [0.2, 0.25) is 0 Å². The first-order valence-electron chi connectivity index (χ1n) is 12.8. The zero-order chi connectivity index (χ0) is 26.2. The summed E-state index contributed by atoms with van der Waals surface area (Å²) >= 11 is 1.74. The maximum atomic E-state index is 12.9. The van der Waals surface area contributed by atoms with Gasteiger partial charge in [-0.1, -0.05) is 24.3 Å². The molecule has 4 rings (SSSR count). The molecule has 1 fully saturated rings. The summed E-state index contributed by atoms with van der Waals surface area (Å²) in [7, 11) is 1.36. The van der Waals surface area contributed by atoms with E-state index in [4.69, 9.17) is 4.74 Å². The molecule has 1 aliphatic rings. The fraction of sp³-hybridized carbons (Fsp3) is 0.379. The van der Waals surface area contributed by atoms with Gasteiger partial charge in [0.15, 0.2) is 0 Å². The second-order valence-electron chi connectivity index (χ2n) is 9.19. The largest absolute Gasteiger partial charge is 0.453 e. The molecular weight excluding hydrogens is 484 g/mol. The summed E-state index contributed by atoms with van der Waals surface area (Å²) in [6.07, 6.45) is -0.491. The van der Waals surface area contributed by atoms with Crippen LogP contribution in [-0.4, -0.2) is 73.1 Å². The Morgan fingerprint density at radius 3 is 2.35 bits per heavy atom. The van der Waals surface area contributed by atoms with Crippen LogP contribution in [0.3, 0.4) is 0 Å². The third-order valence-corrected chi connectivity index (χ3v) is 7.65. The van der Waals surface area contributed by atoms with Crippen molar-refractivity contribution in [2.75, 3.05) is 51.7 Å². The predicted molar refractivity (Wildman–Crippen MR) is 149 cm³/mol. The Bertz CT molecular complexity index is 1150. The Kier molecular flexibility index (Phi) is 9.33. The van der Waals surface area contributed by atoms with Gasteiger partial charge in [-0.15, -0.1) is 0 Å². The van der Waals surface area contributed by atoms with Crippen molar-refractivity contribution in [2.24, 2.45) is 0 Å². The Morgan fingerprint density at radius 2 is 1.73 bits per heavy atom.